The number of nitrogens with zero attached hydrogens (tertiary/aromatic N) is 1. The van der Waals surface area contributed by atoms with Crippen LogP contribution in [0.5, 0.6) is 11.5 Å². The first kappa shape index (κ1) is 20.1. The Kier molecular flexibility index (Phi) is 7.33. The molecule has 0 saturated heterocycles. The minimum absolute atomic E-state index is 0.243. The molecule has 0 saturated carbocycles. The SMILES string of the molecule is CCCCc1c(C)nc2cc(OC)c(Cl)cc2c1OCOC(=O)OCC. The van der Waals surface area contributed by atoms with Crippen molar-refractivity contribution in [3.8, 4) is 11.5 Å². The summed E-state index contributed by atoms with van der Waals surface area (Å²) >= 11 is 6.28. The molecule has 6 nitrogen and oxygen atoms in total. The van der Waals surface area contributed by atoms with Crippen molar-refractivity contribution in [3.63, 3.8) is 0 Å². The molecular formula is C19H24ClNO5. The molecule has 2 aromatic rings. The molecule has 1 aromatic heterocycles. The molecule has 0 spiro atoms. The third-order valence-electron chi connectivity index (χ3n) is 3.94. The maximum atomic E-state index is 11.4. The van der Waals surface area contributed by atoms with Gasteiger partial charge in [-0.2, -0.15) is 0 Å². The molecule has 0 radical (unpaired) electrons. The maximum absolute atomic E-state index is 11.4. The second kappa shape index (κ2) is 9.48. The fraction of sp³-hybridized carbons (Fsp3) is 0.474. The molecule has 7 heteroatoms. The number of fused-ring (bicyclic) bond motifs is 1. The molecule has 0 aliphatic heterocycles. The molecule has 1 aromatic carbocycles. The number of benzene rings is 1. The number of hydrogen-bond acceptors (Lipinski definition) is 6. The Hall–Kier alpha value is -2.21. The van der Waals surface area contributed by atoms with Crippen molar-refractivity contribution in [2.45, 2.75) is 40.0 Å². The van der Waals surface area contributed by atoms with Crippen LogP contribution in [0.2, 0.25) is 5.02 Å². The Bertz CT molecular complexity index is 778. The minimum atomic E-state index is -0.766. The van der Waals surface area contributed by atoms with Gasteiger partial charge in [0, 0.05) is 22.7 Å². The lowest BCUT2D eigenvalue weighted by Crippen LogP contribution is -2.13. The fourth-order valence-electron chi connectivity index (χ4n) is 2.66. The van der Waals surface area contributed by atoms with Crippen LogP contribution >= 0.6 is 11.6 Å². The highest BCUT2D eigenvalue weighted by Gasteiger charge is 2.17. The van der Waals surface area contributed by atoms with Crippen LogP contribution in [0.3, 0.4) is 0 Å². The number of aromatic nitrogens is 1. The summed E-state index contributed by atoms with van der Waals surface area (Å²) in [7, 11) is 1.56. The second-order valence-corrected chi connectivity index (χ2v) is 6.11. The van der Waals surface area contributed by atoms with Gasteiger partial charge in [0.25, 0.3) is 0 Å². The molecule has 26 heavy (non-hydrogen) atoms. The van der Waals surface area contributed by atoms with Gasteiger partial charge in [0.05, 0.1) is 24.3 Å². The monoisotopic (exact) mass is 381 g/mol. The molecule has 2 rings (SSSR count). The standard InChI is InChI=1S/C19H24ClNO5/c1-5-7-8-13-12(3)21-16-10-17(23-4)15(20)9-14(16)18(13)25-11-26-19(22)24-6-2/h9-10H,5-8,11H2,1-4H3. The molecular weight excluding hydrogens is 358 g/mol. The van der Waals surface area contributed by atoms with Gasteiger partial charge >= 0.3 is 6.16 Å². The second-order valence-electron chi connectivity index (χ2n) is 5.70. The first-order valence-corrected chi connectivity index (χ1v) is 8.98. The zero-order valence-corrected chi connectivity index (χ0v) is 16.3. The first-order valence-electron chi connectivity index (χ1n) is 8.60. The first-order chi connectivity index (χ1) is 12.5. The summed E-state index contributed by atoms with van der Waals surface area (Å²) in [6.45, 7) is 5.76. The number of hydrogen-bond donors (Lipinski definition) is 0. The lowest BCUT2D eigenvalue weighted by molar-refractivity contribution is 0.00704. The third-order valence-corrected chi connectivity index (χ3v) is 4.23. The number of carbonyl (C=O) groups excluding carboxylic acids is 1. The number of methoxy groups -OCH3 is 1. The Morgan fingerprint density at radius 1 is 1.23 bits per heavy atom. The molecule has 0 fully saturated rings. The maximum Gasteiger partial charge on any atom is 0.511 e. The number of carbonyl (C=O) groups is 1. The van der Waals surface area contributed by atoms with Crippen molar-refractivity contribution in [1.29, 1.82) is 0 Å². The van der Waals surface area contributed by atoms with Gasteiger partial charge in [0.1, 0.15) is 11.5 Å². The Morgan fingerprint density at radius 3 is 2.65 bits per heavy atom. The average Bonchev–Trinajstić information content (AvgIpc) is 2.61. The number of rotatable bonds is 8. The largest absolute Gasteiger partial charge is 0.511 e. The van der Waals surface area contributed by atoms with Crippen LogP contribution in [-0.4, -0.2) is 31.6 Å². The van der Waals surface area contributed by atoms with Crippen molar-refractivity contribution >= 4 is 28.7 Å². The van der Waals surface area contributed by atoms with E-state index in [1.54, 1.807) is 26.2 Å². The molecule has 0 aliphatic rings. The molecule has 0 bridgehead atoms. The average molecular weight is 382 g/mol. The summed E-state index contributed by atoms with van der Waals surface area (Å²) in [5.41, 5.74) is 2.55. The van der Waals surface area contributed by atoms with Crippen LogP contribution in [-0.2, 0) is 15.9 Å². The summed E-state index contributed by atoms with van der Waals surface area (Å²) in [4.78, 5) is 16.0. The molecule has 0 amide bonds. The zero-order chi connectivity index (χ0) is 19.1. The van der Waals surface area contributed by atoms with Gasteiger partial charge in [-0.1, -0.05) is 24.9 Å². The van der Waals surface area contributed by atoms with E-state index in [2.05, 4.69) is 11.9 Å². The van der Waals surface area contributed by atoms with Crippen molar-refractivity contribution in [3.05, 3.63) is 28.4 Å². The van der Waals surface area contributed by atoms with Gasteiger partial charge in [-0.15, -0.1) is 0 Å². The molecule has 1 heterocycles. The van der Waals surface area contributed by atoms with Crippen LogP contribution in [0.1, 0.15) is 37.9 Å². The van der Waals surface area contributed by atoms with E-state index < -0.39 is 6.16 Å². The Balaban J connectivity index is 2.43. The van der Waals surface area contributed by atoms with E-state index in [4.69, 9.17) is 30.5 Å². The zero-order valence-electron chi connectivity index (χ0n) is 15.6. The van der Waals surface area contributed by atoms with Gasteiger partial charge < -0.3 is 18.9 Å². The van der Waals surface area contributed by atoms with Gasteiger partial charge in [-0.25, -0.2) is 4.79 Å². The third kappa shape index (κ3) is 4.69. The van der Waals surface area contributed by atoms with Crippen LogP contribution in [0, 0.1) is 6.92 Å². The van der Waals surface area contributed by atoms with Crippen molar-refractivity contribution < 1.29 is 23.7 Å². The Morgan fingerprint density at radius 2 is 2.00 bits per heavy atom. The summed E-state index contributed by atoms with van der Waals surface area (Å²) in [5.74, 6) is 1.16. The van der Waals surface area contributed by atoms with E-state index in [0.717, 1.165) is 35.9 Å². The predicted octanol–water partition coefficient (Wildman–Crippen LogP) is 5.06. The topological polar surface area (TPSA) is 66.9 Å². The number of aryl methyl sites for hydroxylation is 1. The van der Waals surface area contributed by atoms with Gasteiger partial charge in [-0.3, -0.25) is 4.98 Å². The van der Waals surface area contributed by atoms with Crippen molar-refractivity contribution in [2.75, 3.05) is 20.5 Å². The fourth-order valence-corrected chi connectivity index (χ4v) is 2.90. The highest BCUT2D eigenvalue weighted by Crippen LogP contribution is 2.37. The van der Waals surface area contributed by atoms with E-state index >= 15 is 0 Å². The summed E-state index contributed by atoms with van der Waals surface area (Å²) in [6, 6.07) is 3.53. The van der Waals surface area contributed by atoms with E-state index in [1.165, 1.54) is 0 Å². The highest BCUT2D eigenvalue weighted by atomic mass is 35.5. The molecule has 142 valence electrons. The lowest BCUT2D eigenvalue weighted by atomic mass is 10.0. The summed E-state index contributed by atoms with van der Waals surface area (Å²) in [5, 5.41) is 1.21. The smallest absolute Gasteiger partial charge is 0.495 e. The highest BCUT2D eigenvalue weighted by molar-refractivity contribution is 6.33. The normalized spacial score (nSPS) is 10.7. The molecule has 0 aliphatic carbocycles. The van der Waals surface area contributed by atoms with Crippen LogP contribution < -0.4 is 9.47 Å². The lowest BCUT2D eigenvalue weighted by Gasteiger charge is -2.17. The summed E-state index contributed by atoms with van der Waals surface area (Å²) < 4.78 is 20.8. The van der Waals surface area contributed by atoms with E-state index in [-0.39, 0.29) is 13.4 Å². The van der Waals surface area contributed by atoms with E-state index in [1.807, 2.05) is 6.92 Å². The van der Waals surface area contributed by atoms with Crippen molar-refractivity contribution in [2.24, 2.45) is 0 Å². The van der Waals surface area contributed by atoms with Crippen LogP contribution in [0.25, 0.3) is 10.9 Å². The van der Waals surface area contributed by atoms with Crippen LogP contribution in [0.4, 0.5) is 4.79 Å². The summed E-state index contributed by atoms with van der Waals surface area (Å²) in [6.07, 6.45) is 2.08. The Labute approximate surface area is 158 Å². The van der Waals surface area contributed by atoms with Crippen molar-refractivity contribution in [1.82, 2.24) is 4.98 Å². The molecule has 0 N–H and O–H groups in total. The van der Waals surface area contributed by atoms with Gasteiger partial charge in [0.15, 0.2) is 0 Å². The van der Waals surface area contributed by atoms with Gasteiger partial charge in [-0.05, 0) is 32.8 Å². The number of pyridine rings is 1. The minimum Gasteiger partial charge on any atom is -0.495 e. The predicted molar refractivity (Wildman–Crippen MR) is 100 cm³/mol. The number of unbranched alkanes of at least 4 members (excludes halogenated alkanes) is 1. The van der Waals surface area contributed by atoms with E-state index in [9.17, 15) is 4.79 Å². The number of halogens is 1. The quantitative estimate of drug-likeness (QED) is 0.470. The van der Waals surface area contributed by atoms with E-state index in [0.29, 0.717) is 22.0 Å². The molecule has 0 atom stereocenters. The molecule has 0 unspecified atom stereocenters. The van der Waals surface area contributed by atoms with Crippen LogP contribution in [0.15, 0.2) is 12.1 Å². The van der Waals surface area contributed by atoms with Gasteiger partial charge in [0.2, 0.25) is 6.79 Å². The number of ether oxygens (including phenoxy) is 4.